The monoisotopic (exact) mass is 328 g/mol. The summed E-state index contributed by atoms with van der Waals surface area (Å²) in [4.78, 5) is 11.4. The van der Waals surface area contributed by atoms with Crippen molar-refractivity contribution in [2.45, 2.75) is 71.0 Å². The Morgan fingerprint density at radius 3 is 2.88 bits per heavy atom. The molecular formula is C21H28O3. The zero-order chi connectivity index (χ0) is 17.1. The van der Waals surface area contributed by atoms with Gasteiger partial charge in [0.05, 0.1) is 6.10 Å². The van der Waals surface area contributed by atoms with Crippen molar-refractivity contribution in [3.05, 3.63) is 34.9 Å². The number of carbonyl (C=O) groups is 1. The molecule has 0 amide bonds. The van der Waals surface area contributed by atoms with Crippen molar-refractivity contribution in [3.8, 4) is 0 Å². The maximum absolute atomic E-state index is 11.4. The van der Waals surface area contributed by atoms with Crippen molar-refractivity contribution in [3.63, 3.8) is 0 Å². The van der Waals surface area contributed by atoms with Gasteiger partial charge in [-0.2, -0.15) is 0 Å². The Kier molecular flexibility index (Phi) is 3.76. The zero-order valence-electron chi connectivity index (χ0n) is 14.9. The number of benzene rings is 1. The summed E-state index contributed by atoms with van der Waals surface area (Å²) in [6, 6.07) is 6.92. The van der Waals surface area contributed by atoms with Crippen LogP contribution in [0.25, 0.3) is 0 Å². The SMILES string of the molecule is CC(=O)O[C@@H]1CC2C3CCc4cc(C)ccc4C3CC[C@]2(C)[C@H]1O. The highest BCUT2D eigenvalue weighted by Gasteiger charge is 2.59. The van der Waals surface area contributed by atoms with Gasteiger partial charge < -0.3 is 9.84 Å². The third-order valence-electron chi connectivity index (χ3n) is 7.15. The minimum absolute atomic E-state index is 0.108. The Morgan fingerprint density at radius 2 is 2.12 bits per heavy atom. The molecule has 1 N–H and O–H groups in total. The molecule has 0 saturated heterocycles. The van der Waals surface area contributed by atoms with Crippen molar-refractivity contribution in [1.29, 1.82) is 0 Å². The lowest BCUT2D eigenvalue weighted by molar-refractivity contribution is -0.153. The minimum Gasteiger partial charge on any atom is -0.460 e. The summed E-state index contributed by atoms with van der Waals surface area (Å²) in [7, 11) is 0. The van der Waals surface area contributed by atoms with E-state index in [2.05, 4.69) is 32.0 Å². The highest BCUT2D eigenvalue weighted by Crippen LogP contribution is 2.61. The average molecular weight is 328 g/mol. The van der Waals surface area contributed by atoms with E-state index in [1.165, 1.54) is 30.0 Å². The molecule has 0 aliphatic heterocycles. The van der Waals surface area contributed by atoms with E-state index in [9.17, 15) is 9.90 Å². The second kappa shape index (κ2) is 5.59. The predicted molar refractivity (Wildman–Crippen MR) is 92.7 cm³/mol. The number of esters is 1. The van der Waals surface area contributed by atoms with Gasteiger partial charge >= 0.3 is 5.97 Å². The number of aliphatic hydroxyl groups is 1. The molecule has 0 radical (unpaired) electrons. The fraction of sp³-hybridized carbons (Fsp3) is 0.667. The molecule has 0 aromatic heterocycles. The molecule has 6 atom stereocenters. The lowest BCUT2D eigenvalue weighted by Crippen LogP contribution is -2.45. The van der Waals surface area contributed by atoms with Crippen LogP contribution in [-0.2, 0) is 16.0 Å². The molecule has 0 bridgehead atoms. The number of aryl methyl sites for hydroxylation is 2. The molecule has 2 saturated carbocycles. The topological polar surface area (TPSA) is 46.5 Å². The second-order valence-electron chi connectivity index (χ2n) is 8.49. The Hall–Kier alpha value is -1.35. The maximum Gasteiger partial charge on any atom is 0.302 e. The van der Waals surface area contributed by atoms with E-state index in [0.717, 1.165) is 25.7 Å². The van der Waals surface area contributed by atoms with Crippen LogP contribution >= 0.6 is 0 Å². The molecule has 3 aliphatic carbocycles. The number of ether oxygens (including phenoxy) is 1. The van der Waals surface area contributed by atoms with Gasteiger partial charge in [-0.05, 0) is 67.9 Å². The van der Waals surface area contributed by atoms with Gasteiger partial charge in [0.15, 0.2) is 0 Å². The zero-order valence-corrected chi connectivity index (χ0v) is 14.9. The van der Waals surface area contributed by atoms with Crippen molar-refractivity contribution in [2.24, 2.45) is 17.3 Å². The summed E-state index contributed by atoms with van der Waals surface area (Å²) < 4.78 is 5.46. The Morgan fingerprint density at radius 1 is 1.33 bits per heavy atom. The molecule has 24 heavy (non-hydrogen) atoms. The number of hydrogen-bond acceptors (Lipinski definition) is 3. The van der Waals surface area contributed by atoms with Crippen molar-refractivity contribution in [1.82, 2.24) is 0 Å². The fourth-order valence-corrected chi connectivity index (χ4v) is 6.00. The van der Waals surface area contributed by atoms with E-state index in [1.807, 2.05) is 0 Å². The van der Waals surface area contributed by atoms with Crippen molar-refractivity contribution in [2.75, 3.05) is 0 Å². The highest BCUT2D eigenvalue weighted by molar-refractivity contribution is 5.66. The van der Waals surface area contributed by atoms with Crippen LogP contribution in [0, 0.1) is 24.2 Å². The maximum atomic E-state index is 11.4. The van der Waals surface area contributed by atoms with Crippen LogP contribution in [0.4, 0.5) is 0 Å². The third kappa shape index (κ3) is 2.32. The van der Waals surface area contributed by atoms with Gasteiger partial charge in [0.25, 0.3) is 0 Å². The van der Waals surface area contributed by atoms with Crippen LogP contribution in [0.2, 0.25) is 0 Å². The Bertz CT molecular complexity index is 667. The molecule has 1 aromatic carbocycles. The van der Waals surface area contributed by atoms with E-state index in [4.69, 9.17) is 4.74 Å². The summed E-state index contributed by atoms with van der Waals surface area (Å²) >= 11 is 0. The van der Waals surface area contributed by atoms with Gasteiger partial charge in [-0.1, -0.05) is 30.7 Å². The van der Waals surface area contributed by atoms with Crippen molar-refractivity contribution < 1.29 is 14.6 Å². The summed E-state index contributed by atoms with van der Waals surface area (Å²) in [5.74, 6) is 1.39. The summed E-state index contributed by atoms with van der Waals surface area (Å²) in [5.41, 5.74) is 4.29. The first-order valence-electron chi connectivity index (χ1n) is 9.35. The number of aliphatic hydroxyl groups excluding tert-OH is 1. The summed E-state index contributed by atoms with van der Waals surface area (Å²) in [6.45, 7) is 5.83. The van der Waals surface area contributed by atoms with Crippen LogP contribution in [-0.4, -0.2) is 23.3 Å². The van der Waals surface area contributed by atoms with E-state index < -0.39 is 6.10 Å². The first-order valence-corrected chi connectivity index (χ1v) is 9.35. The molecule has 130 valence electrons. The van der Waals surface area contributed by atoms with Crippen LogP contribution in [0.15, 0.2) is 18.2 Å². The molecule has 3 nitrogen and oxygen atoms in total. The Labute approximate surface area is 144 Å². The van der Waals surface area contributed by atoms with E-state index in [0.29, 0.717) is 17.8 Å². The molecule has 0 heterocycles. The molecule has 2 fully saturated rings. The van der Waals surface area contributed by atoms with Crippen LogP contribution in [0.1, 0.15) is 62.1 Å². The average Bonchev–Trinajstić information content (AvgIpc) is 2.78. The molecular weight excluding hydrogens is 300 g/mol. The van der Waals surface area contributed by atoms with Gasteiger partial charge in [-0.3, -0.25) is 4.79 Å². The second-order valence-corrected chi connectivity index (χ2v) is 8.49. The van der Waals surface area contributed by atoms with Gasteiger partial charge in [-0.25, -0.2) is 0 Å². The van der Waals surface area contributed by atoms with Crippen molar-refractivity contribution >= 4 is 5.97 Å². The molecule has 3 heteroatoms. The van der Waals surface area contributed by atoms with E-state index in [1.54, 1.807) is 0 Å². The normalized spacial score (nSPS) is 40.4. The van der Waals surface area contributed by atoms with E-state index >= 15 is 0 Å². The standard InChI is InChI=1S/C21H28O3/c1-12-4-6-15-14(10-12)5-7-17-16(15)8-9-21(3)18(17)11-19(20(21)23)24-13(2)22/h4,6,10,16-20,23H,5,7-9,11H2,1-3H3/t16?,17?,18?,19-,20+,21+/m1/s1. The smallest absolute Gasteiger partial charge is 0.302 e. The highest BCUT2D eigenvalue weighted by atomic mass is 16.6. The lowest BCUT2D eigenvalue weighted by Gasteiger charge is -2.49. The number of rotatable bonds is 1. The minimum atomic E-state index is -0.522. The largest absolute Gasteiger partial charge is 0.460 e. The Balaban J connectivity index is 1.65. The van der Waals surface area contributed by atoms with Gasteiger partial charge in [-0.15, -0.1) is 0 Å². The van der Waals surface area contributed by atoms with E-state index in [-0.39, 0.29) is 17.5 Å². The molecule has 1 aromatic rings. The predicted octanol–water partition coefficient (Wildman–Crippen LogP) is 3.75. The number of fused-ring (bicyclic) bond motifs is 5. The number of hydrogen-bond donors (Lipinski definition) is 1. The first kappa shape index (κ1) is 16.1. The molecule has 4 rings (SSSR count). The fourth-order valence-electron chi connectivity index (χ4n) is 6.00. The lowest BCUT2D eigenvalue weighted by atomic mass is 9.55. The third-order valence-corrected chi connectivity index (χ3v) is 7.15. The van der Waals surface area contributed by atoms with Crippen LogP contribution in [0.3, 0.4) is 0 Å². The van der Waals surface area contributed by atoms with Gasteiger partial charge in [0.2, 0.25) is 0 Å². The molecule has 0 spiro atoms. The van der Waals surface area contributed by atoms with Gasteiger partial charge in [0.1, 0.15) is 6.10 Å². The number of carbonyl (C=O) groups excluding carboxylic acids is 1. The summed E-state index contributed by atoms with van der Waals surface area (Å²) in [6.07, 6.45) is 4.46. The molecule has 3 unspecified atom stereocenters. The summed E-state index contributed by atoms with van der Waals surface area (Å²) in [5, 5.41) is 10.8. The first-order chi connectivity index (χ1) is 11.4. The van der Waals surface area contributed by atoms with Gasteiger partial charge in [0, 0.05) is 12.3 Å². The molecule has 3 aliphatic rings. The van der Waals surface area contributed by atoms with Crippen LogP contribution < -0.4 is 0 Å². The quantitative estimate of drug-likeness (QED) is 0.799. The van der Waals surface area contributed by atoms with Crippen LogP contribution in [0.5, 0.6) is 0 Å².